The van der Waals surface area contributed by atoms with Crippen molar-refractivity contribution in [1.82, 2.24) is 0 Å². The van der Waals surface area contributed by atoms with Gasteiger partial charge in [-0.3, -0.25) is 0 Å². The van der Waals surface area contributed by atoms with Crippen molar-refractivity contribution >= 4 is 0 Å². The SMILES string of the molecule is C[C@H]1CC[C@@]2(C)[C@@H](CC[C@@H]3[C@@H]2CC[C@]2(C)[C@@H](O)[C@H](F)C[C@@H]32)C1. The van der Waals surface area contributed by atoms with Crippen molar-refractivity contribution in [2.45, 2.75) is 84.4 Å². The summed E-state index contributed by atoms with van der Waals surface area (Å²) in [5.74, 6) is 3.67. The van der Waals surface area contributed by atoms with Crippen LogP contribution >= 0.6 is 0 Å². The molecular formula is C20H33FO. The van der Waals surface area contributed by atoms with E-state index in [1.165, 1.54) is 38.5 Å². The van der Waals surface area contributed by atoms with Gasteiger partial charge in [-0.25, -0.2) is 4.39 Å². The van der Waals surface area contributed by atoms with Crippen molar-refractivity contribution in [1.29, 1.82) is 0 Å². The molecule has 0 aromatic rings. The molecule has 0 unspecified atom stereocenters. The summed E-state index contributed by atoms with van der Waals surface area (Å²) in [7, 11) is 0. The number of alkyl halides is 1. The Morgan fingerprint density at radius 2 is 1.64 bits per heavy atom. The first-order chi connectivity index (χ1) is 10.4. The van der Waals surface area contributed by atoms with E-state index in [1.54, 1.807) is 0 Å². The topological polar surface area (TPSA) is 20.2 Å². The third-order valence-electron chi connectivity index (χ3n) is 8.86. The van der Waals surface area contributed by atoms with E-state index in [2.05, 4.69) is 20.8 Å². The smallest absolute Gasteiger partial charge is 0.127 e. The summed E-state index contributed by atoms with van der Waals surface area (Å²) in [6.07, 6.45) is 8.00. The molecule has 0 aromatic heterocycles. The lowest BCUT2D eigenvalue weighted by Crippen LogP contribution is -2.53. The van der Waals surface area contributed by atoms with E-state index >= 15 is 0 Å². The predicted molar refractivity (Wildman–Crippen MR) is 87.2 cm³/mol. The Labute approximate surface area is 135 Å². The number of halogens is 1. The molecule has 0 aliphatic heterocycles. The number of aliphatic hydroxyl groups excluding tert-OH is 1. The van der Waals surface area contributed by atoms with E-state index in [4.69, 9.17) is 0 Å². The summed E-state index contributed by atoms with van der Waals surface area (Å²) in [4.78, 5) is 0. The van der Waals surface area contributed by atoms with Gasteiger partial charge in [-0.05, 0) is 85.4 Å². The molecule has 9 atom stereocenters. The molecule has 0 aromatic carbocycles. The first-order valence-electron chi connectivity index (χ1n) is 9.68. The van der Waals surface area contributed by atoms with Gasteiger partial charge in [-0.2, -0.15) is 0 Å². The van der Waals surface area contributed by atoms with Crippen molar-refractivity contribution in [3.8, 4) is 0 Å². The van der Waals surface area contributed by atoms with Crippen LogP contribution in [0.5, 0.6) is 0 Å². The van der Waals surface area contributed by atoms with Gasteiger partial charge >= 0.3 is 0 Å². The van der Waals surface area contributed by atoms with E-state index < -0.39 is 12.3 Å². The van der Waals surface area contributed by atoms with Gasteiger partial charge < -0.3 is 5.11 Å². The molecule has 1 nitrogen and oxygen atoms in total. The second-order valence-electron chi connectivity index (χ2n) is 9.78. The van der Waals surface area contributed by atoms with Crippen LogP contribution in [-0.4, -0.2) is 17.4 Å². The lowest BCUT2D eigenvalue weighted by Gasteiger charge is -2.60. The van der Waals surface area contributed by atoms with E-state index in [-0.39, 0.29) is 5.41 Å². The minimum absolute atomic E-state index is 0.147. The van der Waals surface area contributed by atoms with Crippen LogP contribution in [0.25, 0.3) is 0 Å². The predicted octanol–water partition coefficient (Wildman–Crippen LogP) is 4.97. The monoisotopic (exact) mass is 308 g/mol. The lowest BCUT2D eigenvalue weighted by molar-refractivity contribution is -0.127. The number of aliphatic hydroxyl groups is 1. The van der Waals surface area contributed by atoms with Crippen molar-refractivity contribution in [3.05, 3.63) is 0 Å². The zero-order valence-electron chi connectivity index (χ0n) is 14.5. The Balaban J connectivity index is 1.63. The van der Waals surface area contributed by atoms with Crippen molar-refractivity contribution < 1.29 is 9.50 Å². The second-order valence-corrected chi connectivity index (χ2v) is 9.78. The first kappa shape index (κ1) is 15.4. The average molecular weight is 308 g/mol. The minimum atomic E-state index is -0.981. The third kappa shape index (κ3) is 1.91. The Morgan fingerprint density at radius 1 is 0.909 bits per heavy atom. The summed E-state index contributed by atoms with van der Waals surface area (Å²) in [6, 6.07) is 0. The Morgan fingerprint density at radius 3 is 2.41 bits per heavy atom. The van der Waals surface area contributed by atoms with Gasteiger partial charge in [0, 0.05) is 0 Å². The zero-order chi connectivity index (χ0) is 15.7. The molecule has 0 amide bonds. The van der Waals surface area contributed by atoms with E-state index in [1.807, 2.05) is 0 Å². The molecule has 22 heavy (non-hydrogen) atoms. The summed E-state index contributed by atoms with van der Waals surface area (Å²) in [5, 5.41) is 10.4. The van der Waals surface area contributed by atoms with Gasteiger partial charge in [0.15, 0.2) is 0 Å². The van der Waals surface area contributed by atoms with Crippen LogP contribution in [0.3, 0.4) is 0 Å². The van der Waals surface area contributed by atoms with Crippen LogP contribution in [0.15, 0.2) is 0 Å². The van der Waals surface area contributed by atoms with Gasteiger partial charge in [-0.15, -0.1) is 0 Å². The fourth-order valence-corrected chi connectivity index (χ4v) is 7.42. The molecule has 0 saturated heterocycles. The summed E-state index contributed by atoms with van der Waals surface area (Å²) in [5.41, 5.74) is 0.349. The average Bonchev–Trinajstić information content (AvgIpc) is 2.72. The van der Waals surface area contributed by atoms with Crippen LogP contribution in [-0.2, 0) is 0 Å². The molecule has 126 valence electrons. The van der Waals surface area contributed by atoms with Gasteiger partial charge in [-0.1, -0.05) is 27.2 Å². The Hall–Kier alpha value is -0.110. The van der Waals surface area contributed by atoms with E-state index in [0.717, 1.165) is 24.2 Å². The lowest BCUT2D eigenvalue weighted by atomic mass is 9.44. The molecular weight excluding hydrogens is 275 g/mol. The van der Waals surface area contributed by atoms with Gasteiger partial charge in [0.05, 0.1) is 6.10 Å². The highest BCUT2D eigenvalue weighted by molar-refractivity contribution is 5.11. The maximum absolute atomic E-state index is 14.3. The highest BCUT2D eigenvalue weighted by atomic mass is 19.1. The largest absolute Gasteiger partial charge is 0.390 e. The molecule has 0 radical (unpaired) electrons. The molecule has 0 heterocycles. The van der Waals surface area contributed by atoms with Crippen LogP contribution in [0.1, 0.15) is 72.1 Å². The zero-order valence-corrected chi connectivity index (χ0v) is 14.5. The summed E-state index contributed by atoms with van der Waals surface area (Å²) in [6.45, 7) is 7.15. The van der Waals surface area contributed by atoms with Gasteiger partial charge in [0.2, 0.25) is 0 Å². The van der Waals surface area contributed by atoms with Crippen molar-refractivity contribution in [2.75, 3.05) is 0 Å². The fourth-order valence-electron chi connectivity index (χ4n) is 7.42. The molecule has 4 rings (SSSR count). The van der Waals surface area contributed by atoms with Gasteiger partial charge in [0.25, 0.3) is 0 Å². The molecule has 2 heteroatoms. The van der Waals surface area contributed by atoms with Crippen LogP contribution in [0.4, 0.5) is 4.39 Å². The quantitative estimate of drug-likeness (QED) is 0.669. The van der Waals surface area contributed by atoms with Crippen LogP contribution in [0, 0.1) is 40.4 Å². The molecule has 4 fully saturated rings. The minimum Gasteiger partial charge on any atom is -0.390 e. The summed E-state index contributed by atoms with van der Waals surface area (Å²) >= 11 is 0. The molecule has 4 aliphatic carbocycles. The first-order valence-corrected chi connectivity index (χ1v) is 9.68. The fraction of sp³-hybridized carbons (Fsp3) is 1.00. The van der Waals surface area contributed by atoms with Gasteiger partial charge in [0.1, 0.15) is 6.17 Å². The Bertz CT molecular complexity index is 451. The summed E-state index contributed by atoms with van der Waals surface area (Å²) < 4.78 is 14.3. The maximum atomic E-state index is 14.3. The second kappa shape index (κ2) is 4.94. The van der Waals surface area contributed by atoms with Crippen LogP contribution in [0.2, 0.25) is 0 Å². The number of hydrogen-bond donors (Lipinski definition) is 1. The van der Waals surface area contributed by atoms with Crippen molar-refractivity contribution in [3.63, 3.8) is 0 Å². The van der Waals surface area contributed by atoms with E-state index in [9.17, 15) is 9.50 Å². The highest BCUT2D eigenvalue weighted by Gasteiger charge is 2.62. The third-order valence-corrected chi connectivity index (χ3v) is 8.86. The molecule has 4 saturated carbocycles. The highest BCUT2D eigenvalue weighted by Crippen LogP contribution is 2.66. The van der Waals surface area contributed by atoms with Crippen molar-refractivity contribution in [2.24, 2.45) is 40.4 Å². The van der Waals surface area contributed by atoms with Crippen LogP contribution < -0.4 is 0 Å². The molecule has 0 bridgehead atoms. The standard InChI is InChI=1S/C20H33FO/c1-12-6-8-19(2)13(10-12)4-5-14-15(19)7-9-20(3)16(14)11-17(21)18(20)22/h12-18,22H,4-11H2,1-3H3/t12-,13-,14+,15-,16-,17+,18-,19-,20-/m0/s1. The maximum Gasteiger partial charge on any atom is 0.127 e. The number of rotatable bonds is 0. The molecule has 0 spiro atoms. The van der Waals surface area contributed by atoms with E-state index in [0.29, 0.717) is 23.7 Å². The molecule has 4 aliphatic rings. The normalized spacial score (nSPS) is 61.2. The number of fused-ring (bicyclic) bond motifs is 5. The number of hydrogen-bond acceptors (Lipinski definition) is 1. The Kier molecular flexibility index (Phi) is 3.46. The molecule has 1 N–H and O–H groups in total.